The van der Waals surface area contributed by atoms with Crippen molar-refractivity contribution in [2.75, 3.05) is 12.3 Å². The third-order valence-electron chi connectivity index (χ3n) is 5.05. The molecular weight excluding hydrogens is 406 g/mol. The minimum absolute atomic E-state index is 0.0433. The Balaban J connectivity index is 1.41. The number of benzene rings is 3. The molecule has 0 aliphatic rings. The first-order valence-electron chi connectivity index (χ1n) is 9.94. The van der Waals surface area contributed by atoms with Crippen molar-refractivity contribution in [3.8, 4) is 17.3 Å². The van der Waals surface area contributed by atoms with Crippen LogP contribution < -0.4 is 5.32 Å². The van der Waals surface area contributed by atoms with Gasteiger partial charge in [0.05, 0.1) is 27.4 Å². The molecule has 0 radical (unpaired) electrons. The van der Waals surface area contributed by atoms with Crippen molar-refractivity contribution in [2.24, 2.45) is 0 Å². The average molecular weight is 428 g/mol. The summed E-state index contributed by atoms with van der Waals surface area (Å²) in [5.74, 6) is 0.0433. The van der Waals surface area contributed by atoms with Gasteiger partial charge in [-0.3, -0.25) is 0 Å². The van der Waals surface area contributed by atoms with Crippen LogP contribution in [0.4, 0.5) is 0 Å². The summed E-state index contributed by atoms with van der Waals surface area (Å²) >= 11 is 0. The molecule has 0 saturated carbocycles. The van der Waals surface area contributed by atoms with Gasteiger partial charge in [0.1, 0.15) is 6.07 Å². The van der Waals surface area contributed by atoms with Crippen LogP contribution in [0, 0.1) is 11.3 Å². The highest BCUT2D eigenvalue weighted by Gasteiger charge is 2.13. The SMILES string of the molecule is N#Cc1cc2ccccc2nc1-c1ccc(CNCCS(=O)(=O)c2ccccc2)cc1. The van der Waals surface area contributed by atoms with Gasteiger partial charge in [-0.15, -0.1) is 0 Å². The number of pyridine rings is 1. The molecule has 154 valence electrons. The second-order valence-electron chi connectivity index (χ2n) is 7.19. The second-order valence-corrected chi connectivity index (χ2v) is 9.30. The van der Waals surface area contributed by atoms with Crippen molar-refractivity contribution in [1.82, 2.24) is 10.3 Å². The minimum Gasteiger partial charge on any atom is -0.312 e. The fourth-order valence-electron chi connectivity index (χ4n) is 3.39. The Morgan fingerprint density at radius 1 is 0.903 bits per heavy atom. The van der Waals surface area contributed by atoms with E-state index in [4.69, 9.17) is 0 Å². The van der Waals surface area contributed by atoms with Crippen LogP contribution in [-0.4, -0.2) is 25.7 Å². The van der Waals surface area contributed by atoms with Gasteiger partial charge in [-0.05, 0) is 29.8 Å². The van der Waals surface area contributed by atoms with Crippen molar-refractivity contribution in [3.05, 3.63) is 96.1 Å². The van der Waals surface area contributed by atoms with Crippen LogP contribution in [0.1, 0.15) is 11.1 Å². The summed E-state index contributed by atoms with van der Waals surface area (Å²) in [5, 5.41) is 13.7. The maximum atomic E-state index is 12.3. The molecule has 0 unspecified atom stereocenters. The Morgan fingerprint density at radius 3 is 2.35 bits per heavy atom. The van der Waals surface area contributed by atoms with Gasteiger partial charge < -0.3 is 5.32 Å². The van der Waals surface area contributed by atoms with Gasteiger partial charge in [-0.1, -0.05) is 60.7 Å². The van der Waals surface area contributed by atoms with Crippen LogP contribution in [0.3, 0.4) is 0 Å². The molecule has 3 aromatic carbocycles. The van der Waals surface area contributed by atoms with Crippen LogP contribution in [0.5, 0.6) is 0 Å². The lowest BCUT2D eigenvalue weighted by Crippen LogP contribution is -2.22. The number of rotatable bonds is 7. The maximum Gasteiger partial charge on any atom is 0.179 e. The third kappa shape index (κ3) is 4.80. The number of para-hydroxylation sites is 1. The summed E-state index contributed by atoms with van der Waals surface area (Å²) < 4.78 is 24.7. The van der Waals surface area contributed by atoms with E-state index in [9.17, 15) is 13.7 Å². The lowest BCUT2D eigenvalue weighted by molar-refractivity contribution is 0.590. The largest absolute Gasteiger partial charge is 0.312 e. The highest BCUT2D eigenvalue weighted by atomic mass is 32.2. The number of hydrogen-bond donors (Lipinski definition) is 1. The molecule has 1 heterocycles. The Labute approximate surface area is 181 Å². The first kappa shape index (κ1) is 20.7. The monoisotopic (exact) mass is 427 g/mol. The normalized spacial score (nSPS) is 11.3. The van der Waals surface area contributed by atoms with Crippen molar-refractivity contribution >= 4 is 20.7 Å². The first-order chi connectivity index (χ1) is 15.1. The van der Waals surface area contributed by atoms with Gasteiger partial charge in [-0.25, -0.2) is 13.4 Å². The van der Waals surface area contributed by atoms with Crippen LogP contribution >= 0.6 is 0 Å². The standard InChI is InChI=1S/C25H21N3O2S/c26-17-22-16-21-6-4-5-9-24(21)28-25(22)20-12-10-19(11-13-20)18-27-14-15-31(29,30)23-7-2-1-3-8-23/h1-13,16,27H,14-15,18H2. The van der Waals surface area contributed by atoms with Crippen molar-refractivity contribution in [1.29, 1.82) is 5.26 Å². The molecule has 4 rings (SSSR count). The summed E-state index contributed by atoms with van der Waals surface area (Å²) in [6.45, 7) is 0.921. The van der Waals surface area contributed by atoms with E-state index in [1.807, 2.05) is 54.6 Å². The average Bonchev–Trinajstić information content (AvgIpc) is 2.82. The minimum atomic E-state index is -3.28. The molecule has 6 heteroatoms. The van der Waals surface area contributed by atoms with Gasteiger partial charge in [-0.2, -0.15) is 5.26 Å². The maximum absolute atomic E-state index is 12.3. The van der Waals surface area contributed by atoms with E-state index in [1.165, 1.54) is 0 Å². The third-order valence-corrected chi connectivity index (χ3v) is 6.78. The molecule has 31 heavy (non-hydrogen) atoms. The molecule has 0 aliphatic carbocycles. The van der Waals surface area contributed by atoms with Crippen LogP contribution in [-0.2, 0) is 16.4 Å². The Bertz CT molecular complexity index is 1340. The van der Waals surface area contributed by atoms with Crippen molar-refractivity contribution in [2.45, 2.75) is 11.4 Å². The molecule has 0 spiro atoms. The molecule has 5 nitrogen and oxygen atoms in total. The van der Waals surface area contributed by atoms with Gasteiger partial charge in [0.25, 0.3) is 0 Å². The Hall–Kier alpha value is -3.53. The molecule has 0 fully saturated rings. The Kier molecular flexibility index (Phi) is 6.08. The predicted octanol–water partition coefficient (Wildman–Crippen LogP) is 4.34. The number of fused-ring (bicyclic) bond motifs is 1. The van der Waals surface area contributed by atoms with E-state index in [0.29, 0.717) is 29.2 Å². The van der Waals surface area contributed by atoms with Gasteiger partial charge in [0.2, 0.25) is 0 Å². The number of nitrogens with one attached hydrogen (secondary N) is 1. The van der Waals surface area contributed by atoms with E-state index in [2.05, 4.69) is 16.4 Å². The fourth-order valence-corrected chi connectivity index (χ4v) is 4.61. The molecule has 0 bridgehead atoms. The number of aromatic nitrogens is 1. The predicted molar refractivity (Wildman–Crippen MR) is 122 cm³/mol. The first-order valence-corrected chi connectivity index (χ1v) is 11.6. The Morgan fingerprint density at radius 2 is 1.61 bits per heavy atom. The number of sulfone groups is 1. The summed E-state index contributed by atoms with van der Waals surface area (Å²) in [6.07, 6.45) is 0. The number of hydrogen-bond acceptors (Lipinski definition) is 5. The molecule has 1 aromatic heterocycles. The summed E-state index contributed by atoms with van der Waals surface area (Å²) in [7, 11) is -3.28. The smallest absolute Gasteiger partial charge is 0.179 e. The highest BCUT2D eigenvalue weighted by molar-refractivity contribution is 7.91. The molecule has 0 atom stereocenters. The second kappa shape index (κ2) is 9.09. The van der Waals surface area contributed by atoms with E-state index in [0.717, 1.165) is 22.0 Å². The zero-order chi connectivity index (χ0) is 21.7. The van der Waals surface area contributed by atoms with Crippen molar-refractivity contribution < 1.29 is 8.42 Å². The van der Waals surface area contributed by atoms with Crippen LogP contribution in [0.2, 0.25) is 0 Å². The zero-order valence-corrected chi connectivity index (χ0v) is 17.6. The van der Waals surface area contributed by atoms with E-state index >= 15 is 0 Å². The van der Waals surface area contributed by atoms with Gasteiger partial charge in [0.15, 0.2) is 9.84 Å². The van der Waals surface area contributed by atoms with Gasteiger partial charge in [0, 0.05) is 24.0 Å². The number of nitriles is 1. The zero-order valence-electron chi connectivity index (χ0n) is 16.8. The van der Waals surface area contributed by atoms with Crippen LogP contribution in [0.25, 0.3) is 22.2 Å². The lowest BCUT2D eigenvalue weighted by Gasteiger charge is -2.09. The van der Waals surface area contributed by atoms with Crippen LogP contribution in [0.15, 0.2) is 89.8 Å². The fraction of sp³-hybridized carbons (Fsp3) is 0.120. The van der Waals surface area contributed by atoms with Crippen molar-refractivity contribution in [3.63, 3.8) is 0 Å². The molecule has 0 amide bonds. The summed E-state index contributed by atoms with van der Waals surface area (Å²) in [6, 6.07) is 28.1. The summed E-state index contributed by atoms with van der Waals surface area (Å²) in [5.41, 5.74) is 3.95. The lowest BCUT2D eigenvalue weighted by atomic mass is 10.0. The topological polar surface area (TPSA) is 82.8 Å². The highest BCUT2D eigenvalue weighted by Crippen LogP contribution is 2.25. The van der Waals surface area contributed by atoms with Gasteiger partial charge >= 0.3 is 0 Å². The number of nitrogens with zero attached hydrogens (tertiary/aromatic N) is 2. The quantitative estimate of drug-likeness (QED) is 0.444. The molecule has 1 N–H and O–H groups in total. The van der Waals surface area contributed by atoms with E-state index < -0.39 is 9.84 Å². The van der Waals surface area contributed by atoms with E-state index in [1.54, 1.807) is 30.3 Å². The summed E-state index contributed by atoms with van der Waals surface area (Å²) in [4.78, 5) is 5.02. The molecular formula is C25H21N3O2S. The molecule has 0 saturated heterocycles. The van der Waals surface area contributed by atoms with E-state index in [-0.39, 0.29) is 5.75 Å². The molecule has 4 aromatic rings. The molecule has 0 aliphatic heterocycles.